The molecule has 1 N–H and O–H groups in total. The maximum Gasteiger partial charge on any atom is 0.309 e. The van der Waals surface area contributed by atoms with Crippen molar-refractivity contribution in [2.75, 3.05) is 0 Å². The average molecular weight is 245 g/mol. The van der Waals surface area contributed by atoms with Gasteiger partial charge in [0, 0.05) is 12.5 Å². The van der Waals surface area contributed by atoms with Gasteiger partial charge < -0.3 is 10.0 Å². The van der Waals surface area contributed by atoms with Crippen LogP contribution in [0.4, 0.5) is 0 Å². The first kappa shape index (κ1) is 11.3. The van der Waals surface area contributed by atoms with Gasteiger partial charge in [-0.3, -0.25) is 9.59 Å². The van der Waals surface area contributed by atoms with Crippen LogP contribution in [0.15, 0.2) is 30.3 Å². The highest BCUT2D eigenvalue weighted by molar-refractivity contribution is 5.87. The third-order valence-electron chi connectivity index (χ3n) is 3.76. The van der Waals surface area contributed by atoms with E-state index in [9.17, 15) is 14.7 Å². The van der Waals surface area contributed by atoms with Gasteiger partial charge in [0.2, 0.25) is 5.91 Å². The van der Waals surface area contributed by atoms with E-state index in [1.54, 1.807) is 4.90 Å². The Labute approximate surface area is 105 Å². The maximum atomic E-state index is 12.0. The van der Waals surface area contributed by atoms with E-state index in [0.717, 1.165) is 18.4 Å². The predicted molar refractivity (Wildman–Crippen MR) is 64.8 cm³/mol. The second-order valence-corrected chi connectivity index (χ2v) is 5.04. The number of likely N-dealkylation sites (tertiary alicyclic amines) is 1. The van der Waals surface area contributed by atoms with Crippen LogP contribution in [-0.4, -0.2) is 27.9 Å². The van der Waals surface area contributed by atoms with Crippen LogP contribution in [-0.2, 0) is 9.59 Å². The van der Waals surface area contributed by atoms with Crippen LogP contribution >= 0.6 is 0 Å². The van der Waals surface area contributed by atoms with Gasteiger partial charge >= 0.3 is 5.97 Å². The van der Waals surface area contributed by atoms with Crippen molar-refractivity contribution in [2.45, 2.75) is 31.3 Å². The zero-order chi connectivity index (χ0) is 12.7. The van der Waals surface area contributed by atoms with E-state index in [4.69, 9.17) is 0 Å². The van der Waals surface area contributed by atoms with Crippen molar-refractivity contribution >= 4 is 11.9 Å². The standard InChI is InChI=1S/C14H15NO3/c16-12-8-11(14(17)18)13(15(12)10-6-7-10)9-4-2-1-3-5-9/h1-5,10-11,13H,6-8H2,(H,17,18). The summed E-state index contributed by atoms with van der Waals surface area (Å²) in [6.45, 7) is 0. The van der Waals surface area contributed by atoms with E-state index in [2.05, 4.69) is 0 Å². The van der Waals surface area contributed by atoms with E-state index in [1.807, 2.05) is 30.3 Å². The Hall–Kier alpha value is -1.84. The molecule has 4 nitrogen and oxygen atoms in total. The van der Waals surface area contributed by atoms with Gasteiger partial charge in [-0.1, -0.05) is 30.3 Å². The maximum absolute atomic E-state index is 12.0. The summed E-state index contributed by atoms with van der Waals surface area (Å²) in [5.74, 6) is -1.50. The number of carbonyl (C=O) groups excluding carboxylic acids is 1. The molecule has 1 aromatic carbocycles. The monoisotopic (exact) mass is 245 g/mol. The molecule has 3 rings (SSSR count). The third-order valence-corrected chi connectivity index (χ3v) is 3.76. The van der Waals surface area contributed by atoms with E-state index < -0.39 is 11.9 Å². The summed E-state index contributed by atoms with van der Waals surface area (Å²) >= 11 is 0. The molecule has 1 saturated carbocycles. The van der Waals surface area contributed by atoms with Crippen molar-refractivity contribution in [3.05, 3.63) is 35.9 Å². The molecule has 1 aliphatic carbocycles. The molecular formula is C14H15NO3. The number of amides is 1. The number of aliphatic carboxylic acids is 1. The Morgan fingerprint density at radius 1 is 1.22 bits per heavy atom. The van der Waals surface area contributed by atoms with Crippen molar-refractivity contribution in [3.63, 3.8) is 0 Å². The van der Waals surface area contributed by atoms with Crippen LogP contribution in [0.1, 0.15) is 30.9 Å². The average Bonchev–Trinajstić information content (AvgIpc) is 3.13. The molecule has 0 aromatic heterocycles. The Bertz CT molecular complexity index is 481. The lowest BCUT2D eigenvalue weighted by Crippen LogP contribution is -2.32. The first-order valence-corrected chi connectivity index (χ1v) is 6.27. The Balaban J connectivity index is 1.99. The fourth-order valence-corrected chi connectivity index (χ4v) is 2.80. The highest BCUT2D eigenvalue weighted by Gasteiger charge is 2.49. The molecule has 2 aliphatic rings. The van der Waals surface area contributed by atoms with Gasteiger partial charge in [0.15, 0.2) is 0 Å². The first-order valence-electron chi connectivity index (χ1n) is 6.27. The van der Waals surface area contributed by atoms with E-state index in [1.165, 1.54) is 0 Å². The minimum absolute atomic E-state index is 0.0150. The molecule has 2 fully saturated rings. The summed E-state index contributed by atoms with van der Waals surface area (Å²) in [5, 5.41) is 9.30. The molecule has 2 atom stereocenters. The predicted octanol–water partition coefficient (Wildman–Crippen LogP) is 1.82. The SMILES string of the molecule is O=C(O)C1CC(=O)N(C2CC2)C1c1ccccc1. The van der Waals surface area contributed by atoms with Crippen LogP contribution in [0.2, 0.25) is 0 Å². The van der Waals surface area contributed by atoms with Gasteiger partial charge in [-0.15, -0.1) is 0 Å². The molecule has 94 valence electrons. The molecule has 0 spiro atoms. The third kappa shape index (κ3) is 1.78. The number of nitrogens with zero attached hydrogens (tertiary/aromatic N) is 1. The van der Waals surface area contributed by atoms with Gasteiger partial charge in [-0.05, 0) is 18.4 Å². The molecule has 1 saturated heterocycles. The largest absolute Gasteiger partial charge is 0.481 e. The fourth-order valence-electron chi connectivity index (χ4n) is 2.80. The van der Waals surface area contributed by atoms with Crippen LogP contribution < -0.4 is 0 Å². The zero-order valence-electron chi connectivity index (χ0n) is 9.95. The molecule has 18 heavy (non-hydrogen) atoms. The van der Waals surface area contributed by atoms with Crippen LogP contribution in [0.3, 0.4) is 0 Å². The molecule has 4 heteroatoms. The lowest BCUT2D eigenvalue weighted by atomic mass is 9.94. The quantitative estimate of drug-likeness (QED) is 0.883. The number of benzene rings is 1. The number of rotatable bonds is 3. The summed E-state index contributed by atoms with van der Waals surface area (Å²) in [7, 11) is 0. The molecule has 1 amide bonds. The second-order valence-electron chi connectivity index (χ2n) is 5.04. The summed E-state index contributed by atoms with van der Waals surface area (Å²) in [6, 6.07) is 9.47. The van der Waals surface area contributed by atoms with Crippen LogP contribution in [0.5, 0.6) is 0 Å². The molecule has 1 aliphatic heterocycles. The van der Waals surface area contributed by atoms with E-state index >= 15 is 0 Å². The summed E-state index contributed by atoms with van der Waals surface area (Å²) < 4.78 is 0. The van der Waals surface area contributed by atoms with Gasteiger partial charge in [-0.25, -0.2) is 0 Å². The Morgan fingerprint density at radius 3 is 2.44 bits per heavy atom. The van der Waals surface area contributed by atoms with Crippen molar-refractivity contribution in [1.29, 1.82) is 0 Å². The Morgan fingerprint density at radius 2 is 1.89 bits per heavy atom. The van der Waals surface area contributed by atoms with Gasteiger partial charge in [-0.2, -0.15) is 0 Å². The summed E-state index contributed by atoms with van der Waals surface area (Å²) in [5.41, 5.74) is 0.933. The highest BCUT2D eigenvalue weighted by atomic mass is 16.4. The second kappa shape index (κ2) is 4.12. The molecule has 1 aromatic rings. The summed E-state index contributed by atoms with van der Waals surface area (Å²) in [6.07, 6.45) is 2.13. The van der Waals surface area contributed by atoms with Crippen LogP contribution in [0, 0.1) is 5.92 Å². The molecular weight excluding hydrogens is 230 g/mol. The normalized spacial score (nSPS) is 27.6. The van der Waals surface area contributed by atoms with Crippen molar-refractivity contribution < 1.29 is 14.7 Å². The Kier molecular flexibility index (Phi) is 2.58. The van der Waals surface area contributed by atoms with Gasteiger partial charge in [0.05, 0.1) is 12.0 Å². The first-order chi connectivity index (χ1) is 8.68. The fraction of sp³-hybridized carbons (Fsp3) is 0.429. The van der Waals surface area contributed by atoms with Gasteiger partial charge in [0.1, 0.15) is 0 Å². The van der Waals surface area contributed by atoms with Crippen molar-refractivity contribution in [3.8, 4) is 0 Å². The van der Waals surface area contributed by atoms with Crippen molar-refractivity contribution in [1.82, 2.24) is 4.90 Å². The van der Waals surface area contributed by atoms with Crippen LogP contribution in [0.25, 0.3) is 0 Å². The molecule has 0 radical (unpaired) electrons. The van der Waals surface area contributed by atoms with Crippen molar-refractivity contribution in [2.24, 2.45) is 5.92 Å². The topological polar surface area (TPSA) is 57.6 Å². The van der Waals surface area contributed by atoms with E-state index in [0.29, 0.717) is 0 Å². The zero-order valence-corrected chi connectivity index (χ0v) is 9.95. The molecule has 2 unspecified atom stereocenters. The summed E-state index contributed by atoms with van der Waals surface area (Å²) in [4.78, 5) is 25.2. The number of hydrogen-bond acceptors (Lipinski definition) is 2. The molecule has 0 bridgehead atoms. The lowest BCUT2D eigenvalue weighted by molar-refractivity contribution is -0.142. The lowest BCUT2D eigenvalue weighted by Gasteiger charge is -2.27. The number of hydrogen-bond donors (Lipinski definition) is 1. The van der Waals surface area contributed by atoms with Gasteiger partial charge in [0.25, 0.3) is 0 Å². The number of carboxylic acid groups (broad SMARTS) is 1. The number of carboxylic acids is 1. The van der Waals surface area contributed by atoms with E-state index in [-0.39, 0.29) is 24.4 Å². The highest BCUT2D eigenvalue weighted by Crippen LogP contribution is 2.44. The molecule has 1 heterocycles. The minimum Gasteiger partial charge on any atom is -0.481 e. The minimum atomic E-state index is -0.875. The smallest absolute Gasteiger partial charge is 0.309 e. The number of carbonyl (C=O) groups is 2.